The summed E-state index contributed by atoms with van der Waals surface area (Å²) in [5, 5.41) is 11.5. The van der Waals surface area contributed by atoms with E-state index in [2.05, 4.69) is 22.5 Å². The summed E-state index contributed by atoms with van der Waals surface area (Å²) in [4.78, 5) is 12.2. The third kappa shape index (κ3) is 7.53. The van der Waals surface area contributed by atoms with Crippen LogP contribution in [0.3, 0.4) is 0 Å². The lowest BCUT2D eigenvalue weighted by Gasteiger charge is -2.08. The highest BCUT2D eigenvalue weighted by molar-refractivity contribution is 7.80. The lowest BCUT2D eigenvalue weighted by atomic mass is 10.2. The van der Waals surface area contributed by atoms with Gasteiger partial charge in [0.1, 0.15) is 0 Å². The Morgan fingerprint density at radius 2 is 1.65 bits per heavy atom. The lowest BCUT2D eigenvalue weighted by molar-refractivity contribution is -0.143. The van der Waals surface area contributed by atoms with Gasteiger partial charge in [-0.25, -0.2) is 0 Å². The van der Waals surface area contributed by atoms with E-state index in [0.29, 0.717) is 24.4 Å². The standard InChI is InChI=1S/C20H23N3O2S/c1-2-3-15-25-20(24)14-13-19(26)21-16-9-11-18(12-10-16)23-22-17-7-5-4-6-8-17/h4-12H,2-3,13-15H2,1H3,(H,21,26). The number of carbonyl (C=O) groups is 1. The molecular formula is C20H23N3O2S. The summed E-state index contributed by atoms with van der Waals surface area (Å²) in [6.45, 7) is 2.54. The predicted molar refractivity (Wildman–Crippen MR) is 108 cm³/mol. The summed E-state index contributed by atoms with van der Waals surface area (Å²) in [5.41, 5.74) is 2.42. The van der Waals surface area contributed by atoms with Crippen LogP contribution in [0.4, 0.5) is 17.1 Å². The van der Waals surface area contributed by atoms with E-state index < -0.39 is 0 Å². The molecule has 0 saturated heterocycles. The highest BCUT2D eigenvalue weighted by Crippen LogP contribution is 2.20. The van der Waals surface area contributed by atoms with Crippen LogP contribution in [0.2, 0.25) is 0 Å². The molecule has 0 fully saturated rings. The molecule has 0 bridgehead atoms. The molecule has 5 nitrogen and oxygen atoms in total. The number of esters is 1. The van der Waals surface area contributed by atoms with Gasteiger partial charge in [-0.2, -0.15) is 10.2 Å². The van der Waals surface area contributed by atoms with Gasteiger partial charge in [-0.3, -0.25) is 4.79 Å². The number of unbranched alkanes of at least 4 members (excludes halogenated alkanes) is 1. The molecule has 2 aromatic rings. The van der Waals surface area contributed by atoms with Crippen molar-refractivity contribution in [2.45, 2.75) is 32.6 Å². The Bertz CT molecular complexity index is 730. The van der Waals surface area contributed by atoms with Crippen LogP contribution in [-0.4, -0.2) is 17.6 Å². The topological polar surface area (TPSA) is 63.0 Å². The minimum absolute atomic E-state index is 0.209. The molecule has 0 aliphatic rings. The van der Waals surface area contributed by atoms with Gasteiger partial charge in [0, 0.05) is 12.1 Å². The Balaban J connectivity index is 1.76. The zero-order chi connectivity index (χ0) is 18.6. The van der Waals surface area contributed by atoms with Crippen molar-refractivity contribution in [3.05, 3.63) is 54.6 Å². The highest BCUT2D eigenvalue weighted by Gasteiger charge is 2.05. The van der Waals surface area contributed by atoms with Gasteiger partial charge in [0.2, 0.25) is 0 Å². The smallest absolute Gasteiger partial charge is 0.306 e. The number of hydrogen-bond acceptors (Lipinski definition) is 5. The van der Waals surface area contributed by atoms with E-state index in [1.54, 1.807) is 0 Å². The largest absolute Gasteiger partial charge is 0.466 e. The van der Waals surface area contributed by atoms with E-state index in [-0.39, 0.29) is 5.97 Å². The number of nitrogens with zero attached hydrogens (tertiary/aromatic N) is 2. The van der Waals surface area contributed by atoms with Crippen molar-refractivity contribution in [3.8, 4) is 0 Å². The van der Waals surface area contributed by atoms with E-state index in [1.807, 2.05) is 54.6 Å². The Hall–Kier alpha value is -2.60. The summed E-state index contributed by atoms with van der Waals surface area (Å²) in [6.07, 6.45) is 2.66. The first-order chi connectivity index (χ1) is 12.7. The molecule has 26 heavy (non-hydrogen) atoms. The number of nitrogens with one attached hydrogen (secondary N) is 1. The fourth-order valence-electron chi connectivity index (χ4n) is 2.06. The normalized spacial score (nSPS) is 10.7. The molecule has 136 valence electrons. The van der Waals surface area contributed by atoms with Gasteiger partial charge in [0.05, 0.1) is 29.4 Å². The zero-order valence-electron chi connectivity index (χ0n) is 14.9. The van der Waals surface area contributed by atoms with Crippen LogP contribution in [0.1, 0.15) is 32.6 Å². The lowest BCUT2D eigenvalue weighted by Crippen LogP contribution is -2.13. The van der Waals surface area contributed by atoms with Gasteiger partial charge in [-0.1, -0.05) is 43.8 Å². The molecule has 2 rings (SSSR count). The Morgan fingerprint density at radius 3 is 2.31 bits per heavy atom. The van der Waals surface area contributed by atoms with Gasteiger partial charge >= 0.3 is 5.97 Å². The Morgan fingerprint density at radius 1 is 1.00 bits per heavy atom. The second-order valence-corrected chi connectivity index (χ2v) is 6.20. The molecule has 0 amide bonds. The first-order valence-electron chi connectivity index (χ1n) is 8.69. The van der Waals surface area contributed by atoms with E-state index in [0.717, 1.165) is 29.9 Å². The molecule has 0 atom stereocenters. The summed E-state index contributed by atoms with van der Waals surface area (Å²) < 4.78 is 5.11. The Kier molecular flexibility index (Phi) is 8.42. The average Bonchev–Trinajstić information content (AvgIpc) is 2.67. The molecule has 1 N–H and O–H groups in total. The number of azo groups is 1. The molecule has 0 aliphatic carbocycles. The van der Waals surface area contributed by atoms with Gasteiger partial charge in [-0.15, -0.1) is 0 Å². The molecule has 0 heterocycles. The Labute approximate surface area is 159 Å². The quantitative estimate of drug-likeness (QED) is 0.256. The number of carbonyl (C=O) groups excluding carboxylic acids is 1. The second-order valence-electron chi connectivity index (χ2n) is 5.70. The van der Waals surface area contributed by atoms with E-state index in [4.69, 9.17) is 17.0 Å². The number of rotatable bonds is 9. The van der Waals surface area contributed by atoms with Crippen LogP contribution >= 0.6 is 12.2 Å². The summed E-state index contributed by atoms with van der Waals surface area (Å²) >= 11 is 5.28. The van der Waals surface area contributed by atoms with Crippen LogP contribution in [0.25, 0.3) is 0 Å². The first kappa shape index (κ1) is 19.7. The molecule has 0 radical (unpaired) electrons. The predicted octanol–water partition coefficient (Wildman–Crippen LogP) is 5.96. The average molecular weight is 369 g/mol. The maximum absolute atomic E-state index is 11.6. The van der Waals surface area contributed by atoms with Crippen molar-refractivity contribution < 1.29 is 9.53 Å². The second kappa shape index (κ2) is 11.1. The third-order valence-corrected chi connectivity index (χ3v) is 3.81. The van der Waals surface area contributed by atoms with Crippen molar-refractivity contribution in [1.82, 2.24) is 0 Å². The maximum Gasteiger partial charge on any atom is 0.306 e. The number of ether oxygens (including phenoxy) is 1. The number of thiocarbonyl (C=S) groups is 1. The summed E-state index contributed by atoms with van der Waals surface area (Å²) in [5.74, 6) is -0.209. The SMILES string of the molecule is CCCCOC(=O)CCC(=S)Nc1ccc(N=Nc2ccccc2)cc1. The number of benzene rings is 2. The van der Waals surface area contributed by atoms with E-state index >= 15 is 0 Å². The molecule has 6 heteroatoms. The van der Waals surface area contributed by atoms with Crippen LogP contribution in [0, 0.1) is 0 Å². The van der Waals surface area contributed by atoms with E-state index in [1.165, 1.54) is 0 Å². The minimum Gasteiger partial charge on any atom is -0.466 e. The summed E-state index contributed by atoms with van der Waals surface area (Å²) in [7, 11) is 0. The fraction of sp³-hybridized carbons (Fsp3) is 0.300. The fourth-order valence-corrected chi connectivity index (χ4v) is 2.28. The van der Waals surface area contributed by atoms with E-state index in [9.17, 15) is 4.79 Å². The molecule has 0 saturated carbocycles. The van der Waals surface area contributed by atoms with Crippen molar-refractivity contribution in [3.63, 3.8) is 0 Å². The molecule has 2 aromatic carbocycles. The van der Waals surface area contributed by atoms with Crippen molar-refractivity contribution in [1.29, 1.82) is 0 Å². The van der Waals surface area contributed by atoms with Gasteiger partial charge < -0.3 is 10.1 Å². The van der Waals surface area contributed by atoms with Gasteiger partial charge in [0.15, 0.2) is 0 Å². The van der Waals surface area contributed by atoms with Gasteiger partial charge in [-0.05, 0) is 42.8 Å². The van der Waals surface area contributed by atoms with Crippen LogP contribution < -0.4 is 5.32 Å². The van der Waals surface area contributed by atoms with Crippen LogP contribution in [-0.2, 0) is 9.53 Å². The molecule has 0 aromatic heterocycles. The highest BCUT2D eigenvalue weighted by atomic mass is 32.1. The maximum atomic E-state index is 11.6. The van der Waals surface area contributed by atoms with Crippen molar-refractivity contribution in [2.75, 3.05) is 11.9 Å². The minimum atomic E-state index is -0.209. The summed E-state index contributed by atoms with van der Waals surface area (Å²) in [6, 6.07) is 17.0. The first-order valence-corrected chi connectivity index (χ1v) is 9.10. The van der Waals surface area contributed by atoms with Crippen molar-refractivity contribution in [2.24, 2.45) is 10.2 Å². The van der Waals surface area contributed by atoms with Crippen molar-refractivity contribution >= 4 is 40.2 Å². The molecule has 0 spiro atoms. The molecular weight excluding hydrogens is 346 g/mol. The van der Waals surface area contributed by atoms with Gasteiger partial charge in [0.25, 0.3) is 0 Å². The molecule has 0 aliphatic heterocycles. The number of anilines is 1. The zero-order valence-corrected chi connectivity index (χ0v) is 15.7. The van der Waals surface area contributed by atoms with Crippen LogP contribution in [0.15, 0.2) is 64.8 Å². The number of hydrogen-bond donors (Lipinski definition) is 1. The van der Waals surface area contributed by atoms with Crippen LogP contribution in [0.5, 0.6) is 0 Å². The third-order valence-electron chi connectivity index (χ3n) is 3.51. The monoisotopic (exact) mass is 369 g/mol. The molecule has 0 unspecified atom stereocenters.